The van der Waals surface area contributed by atoms with Gasteiger partial charge < -0.3 is 9.64 Å². The number of allylic oxidation sites excluding steroid dienone is 1. The molecule has 1 amide bonds. The SMILES string of the molecule is CC.CC(C)(C)OC(=O)N1CCC(=C(C#N)c2ccc(Cl)s2)CC1. The van der Waals surface area contributed by atoms with Gasteiger partial charge in [0.25, 0.3) is 0 Å². The molecule has 1 aromatic rings. The molecule has 1 saturated heterocycles. The minimum Gasteiger partial charge on any atom is -0.444 e. The molecule has 1 aromatic heterocycles. The lowest BCUT2D eigenvalue weighted by Crippen LogP contribution is -2.40. The number of carbonyl (C=O) groups excluding carboxylic acids is 1. The smallest absolute Gasteiger partial charge is 0.410 e. The van der Waals surface area contributed by atoms with E-state index in [1.54, 1.807) is 11.0 Å². The van der Waals surface area contributed by atoms with Crippen LogP contribution in [0, 0.1) is 11.3 Å². The second kappa shape index (κ2) is 9.10. The molecule has 0 atom stereocenters. The molecule has 1 aliphatic rings. The molecule has 0 radical (unpaired) electrons. The van der Waals surface area contributed by atoms with Crippen molar-refractivity contribution in [1.29, 1.82) is 5.26 Å². The molecular weight excluding hydrogens is 344 g/mol. The third-order valence-corrected chi connectivity index (χ3v) is 4.55. The predicted molar refractivity (Wildman–Crippen MR) is 100 cm³/mol. The minimum atomic E-state index is -0.487. The topological polar surface area (TPSA) is 53.3 Å². The van der Waals surface area contributed by atoms with Crippen molar-refractivity contribution in [3.05, 3.63) is 26.9 Å². The molecule has 24 heavy (non-hydrogen) atoms. The standard InChI is InChI=1S/C16H19ClN2O2S.C2H6/c1-16(2,3)21-15(20)19-8-6-11(7-9-19)12(10-18)13-4-5-14(17)22-13;1-2/h4-5H,6-9H2,1-3H3;1-2H3. The van der Waals surface area contributed by atoms with Crippen molar-refractivity contribution in [2.24, 2.45) is 0 Å². The first-order chi connectivity index (χ1) is 11.3. The second-order valence-electron chi connectivity index (χ2n) is 6.16. The molecule has 0 bridgehead atoms. The Morgan fingerprint density at radius 3 is 2.29 bits per heavy atom. The van der Waals surface area contributed by atoms with E-state index in [0.717, 1.165) is 10.5 Å². The van der Waals surface area contributed by atoms with Crippen molar-refractivity contribution in [2.75, 3.05) is 13.1 Å². The number of nitriles is 1. The summed E-state index contributed by atoms with van der Waals surface area (Å²) in [5.74, 6) is 0. The van der Waals surface area contributed by atoms with E-state index in [9.17, 15) is 10.1 Å². The van der Waals surface area contributed by atoms with Crippen molar-refractivity contribution < 1.29 is 9.53 Å². The number of hydrogen-bond donors (Lipinski definition) is 0. The quantitative estimate of drug-likeness (QED) is 0.594. The fourth-order valence-corrected chi connectivity index (χ4v) is 3.38. The predicted octanol–water partition coefficient (Wildman–Crippen LogP) is 5.74. The summed E-state index contributed by atoms with van der Waals surface area (Å²) < 4.78 is 6.05. The van der Waals surface area contributed by atoms with E-state index in [1.165, 1.54) is 11.3 Å². The average molecular weight is 369 g/mol. The summed E-state index contributed by atoms with van der Waals surface area (Å²) in [6, 6.07) is 5.96. The van der Waals surface area contributed by atoms with Gasteiger partial charge in [-0.25, -0.2) is 4.79 Å². The maximum absolute atomic E-state index is 12.0. The first-order valence-corrected chi connectivity index (χ1v) is 9.35. The maximum atomic E-state index is 12.0. The Morgan fingerprint density at radius 1 is 1.29 bits per heavy atom. The lowest BCUT2D eigenvalue weighted by atomic mass is 9.98. The molecule has 2 heterocycles. The Balaban J connectivity index is 0.00000139. The number of rotatable bonds is 1. The van der Waals surface area contributed by atoms with Crippen LogP contribution in [-0.2, 0) is 4.74 Å². The van der Waals surface area contributed by atoms with E-state index in [2.05, 4.69) is 6.07 Å². The number of carbonyl (C=O) groups is 1. The van der Waals surface area contributed by atoms with Crippen LogP contribution < -0.4 is 0 Å². The Kier molecular flexibility index (Phi) is 7.78. The lowest BCUT2D eigenvalue weighted by molar-refractivity contribution is 0.0236. The van der Waals surface area contributed by atoms with Crippen LogP contribution in [0.3, 0.4) is 0 Å². The maximum Gasteiger partial charge on any atom is 0.410 e. The van der Waals surface area contributed by atoms with Gasteiger partial charge in [0.05, 0.1) is 9.91 Å². The van der Waals surface area contributed by atoms with Crippen LogP contribution in [0.4, 0.5) is 4.79 Å². The third-order valence-electron chi connectivity index (χ3n) is 3.30. The highest BCUT2D eigenvalue weighted by molar-refractivity contribution is 7.17. The normalized spacial score (nSPS) is 14.4. The molecule has 4 nitrogen and oxygen atoms in total. The number of ether oxygens (including phenoxy) is 1. The number of thiophene rings is 1. The van der Waals surface area contributed by atoms with Gasteiger partial charge in [0, 0.05) is 18.0 Å². The van der Waals surface area contributed by atoms with Gasteiger partial charge in [-0.3, -0.25) is 0 Å². The highest BCUT2D eigenvalue weighted by Gasteiger charge is 2.26. The first kappa shape index (κ1) is 20.5. The van der Waals surface area contributed by atoms with Gasteiger partial charge in [-0.2, -0.15) is 5.26 Å². The molecule has 0 N–H and O–H groups in total. The van der Waals surface area contributed by atoms with Crippen molar-refractivity contribution in [3.8, 4) is 6.07 Å². The second-order valence-corrected chi connectivity index (χ2v) is 7.88. The van der Waals surface area contributed by atoms with Crippen LogP contribution in [0.1, 0.15) is 52.3 Å². The summed E-state index contributed by atoms with van der Waals surface area (Å²) in [5.41, 5.74) is 1.29. The average Bonchev–Trinajstić information content (AvgIpc) is 2.95. The number of nitrogens with zero attached hydrogens (tertiary/aromatic N) is 2. The van der Waals surface area contributed by atoms with Gasteiger partial charge in [-0.1, -0.05) is 25.4 Å². The molecule has 6 heteroatoms. The Hall–Kier alpha value is -1.51. The highest BCUT2D eigenvalue weighted by atomic mass is 35.5. The van der Waals surface area contributed by atoms with Gasteiger partial charge in [0.1, 0.15) is 11.7 Å². The number of halogens is 1. The molecule has 1 aliphatic heterocycles. The molecule has 0 saturated carbocycles. The van der Waals surface area contributed by atoms with E-state index in [4.69, 9.17) is 16.3 Å². The van der Waals surface area contributed by atoms with Crippen molar-refractivity contribution in [3.63, 3.8) is 0 Å². The van der Waals surface area contributed by atoms with Crippen molar-refractivity contribution in [1.82, 2.24) is 4.90 Å². The van der Waals surface area contributed by atoms with Crippen LogP contribution in [0.2, 0.25) is 4.34 Å². The molecule has 1 fully saturated rings. The number of likely N-dealkylation sites (tertiary alicyclic amines) is 1. The molecule has 0 unspecified atom stereocenters. The largest absolute Gasteiger partial charge is 0.444 e. The fourth-order valence-electron chi connectivity index (χ4n) is 2.29. The van der Waals surface area contributed by atoms with Crippen LogP contribution in [-0.4, -0.2) is 29.7 Å². The Bertz CT molecular complexity index is 628. The third kappa shape index (κ3) is 5.85. The summed E-state index contributed by atoms with van der Waals surface area (Å²) in [4.78, 5) is 14.6. The molecular formula is C18H25ClN2O2S. The molecule has 132 valence electrons. The van der Waals surface area contributed by atoms with E-state index in [1.807, 2.05) is 40.7 Å². The van der Waals surface area contributed by atoms with Crippen LogP contribution in [0.15, 0.2) is 17.7 Å². The van der Waals surface area contributed by atoms with Crippen molar-refractivity contribution >= 4 is 34.6 Å². The highest BCUT2D eigenvalue weighted by Crippen LogP contribution is 2.32. The van der Waals surface area contributed by atoms with Gasteiger partial charge in [0.2, 0.25) is 0 Å². The fraction of sp³-hybridized carbons (Fsp3) is 0.556. The lowest BCUT2D eigenvalue weighted by Gasteiger charge is -2.31. The van der Waals surface area contributed by atoms with Crippen LogP contribution in [0.5, 0.6) is 0 Å². The molecule has 2 rings (SSSR count). The Labute approximate surface area is 153 Å². The zero-order chi connectivity index (χ0) is 18.3. The first-order valence-electron chi connectivity index (χ1n) is 8.16. The number of piperidine rings is 1. The summed E-state index contributed by atoms with van der Waals surface area (Å²) >= 11 is 7.35. The summed E-state index contributed by atoms with van der Waals surface area (Å²) in [7, 11) is 0. The van der Waals surface area contributed by atoms with Gasteiger partial charge in [-0.15, -0.1) is 11.3 Å². The summed E-state index contributed by atoms with van der Waals surface area (Å²) in [6.45, 7) is 10.7. The van der Waals surface area contributed by atoms with E-state index in [-0.39, 0.29) is 6.09 Å². The molecule has 0 spiro atoms. The van der Waals surface area contributed by atoms with Crippen LogP contribution >= 0.6 is 22.9 Å². The monoisotopic (exact) mass is 368 g/mol. The zero-order valence-corrected chi connectivity index (χ0v) is 16.6. The summed E-state index contributed by atoms with van der Waals surface area (Å²) in [5, 5.41) is 9.42. The van der Waals surface area contributed by atoms with Gasteiger partial charge >= 0.3 is 6.09 Å². The molecule has 0 aliphatic carbocycles. The van der Waals surface area contributed by atoms with E-state index < -0.39 is 5.60 Å². The molecule has 0 aromatic carbocycles. The van der Waals surface area contributed by atoms with Gasteiger partial charge in [-0.05, 0) is 51.3 Å². The summed E-state index contributed by atoms with van der Waals surface area (Å²) in [6.07, 6.45) is 1.10. The zero-order valence-electron chi connectivity index (χ0n) is 15.0. The Morgan fingerprint density at radius 2 is 1.88 bits per heavy atom. The van der Waals surface area contributed by atoms with Gasteiger partial charge in [0.15, 0.2) is 0 Å². The van der Waals surface area contributed by atoms with Crippen LogP contribution in [0.25, 0.3) is 5.57 Å². The van der Waals surface area contributed by atoms with E-state index in [0.29, 0.717) is 35.8 Å². The van der Waals surface area contributed by atoms with Crippen molar-refractivity contribution in [2.45, 2.75) is 53.1 Å². The number of hydrogen-bond acceptors (Lipinski definition) is 4. The number of amides is 1. The minimum absolute atomic E-state index is 0.288. The van der Waals surface area contributed by atoms with E-state index >= 15 is 0 Å².